The van der Waals surface area contributed by atoms with Crippen LogP contribution in [0.15, 0.2) is 315 Å². The first kappa shape index (κ1) is 57.0. The van der Waals surface area contributed by atoms with E-state index in [9.17, 15) is 0 Å². The van der Waals surface area contributed by atoms with Gasteiger partial charge < -0.3 is 0 Å². The number of thiophene rings is 3. The van der Waals surface area contributed by atoms with Gasteiger partial charge in [0.1, 0.15) is 0 Å². The minimum atomic E-state index is 0.653. The van der Waals surface area contributed by atoms with Crippen molar-refractivity contribution in [2.24, 2.45) is 0 Å². The van der Waals surface area contributed by atoms with Gasteiger partial charge in [-0.15, -0.1) is 34.0 Å². The second-order valence-corrected chi connectivity index (χ2v) is 28.4. The summed E-state index contributed by atoms with van der Waals surface area (Å²) in [5.41, 5.74) is 8.11. The maximum atomic E-state index is 5.13. The van der Waals surface area contributed by atoms with Gasteiger partial charge >= 0.3 is 0 Å². The molecular weight excluding hydrogens is 1260 g/mol. The van der Waals surface area contributed by atoms with E-state index in [-0.39, 0.29) is 0 Å². The maximum absolute atomic E-state index is 5.13. The Labute approximate surface area is 579 Å². The summed E-state index contributed by atoms with van der Waals surface area (Å²) >= 11 is 5.55. The minimum absolute atomic E-state index is 0.653. The first-order valence-electron chi connectivity index (χ1n) is 33.1. The molecule has 0 fully saturated rings. The summed E-state index contributed by atoms with van der Waals surface area (Å²) in [6.45, 7) is 0. The molecule has 0 unspecified atom stereocenters. The highest BCUT2D eigenvalue weighted by molar-refractivity contribution is 7.26. The zero-order valence-electron chi connectivity index (χ0n) is 52.9. The number of benzene rings is 16. The molecule has 0 N–H and O–H groups in total. The number of fused-ring (bicyclic) bond motifs is 21. The molecule has 16 aromatic carbocycles. The smallest absolute Gasteiger partial charge is 0.164 e. The van der Waals surface area contributed by atoms with Crippen molar-refractivity contribution in [1.82, 2.24) is 29.9 Å². The second kappa shape index (κ2) is 23.3. The lowest BCUT2D eigenvalue weighted by Gasteiger charge is -2.12. The van der Waals surface area contributed by atoms with Crippen molar-refractivity contribution in [2.45, 2.75) is 0 Å². The largest absolute Gasteiger partial charge is 0.208 e. The molecule has 0 radical (unpaired) electrons. The first-order chi connectivity index (χ1) is 49.0. The Hall–Kier alpha value is -12.2. The Bertz CT molecular complexity index is 6840. The van der Waals surface area contributed by atoms with Crippen LogP contribution in [0.4, 0.5) is 0 Å². The van der Waals surface area contributed by atoms with Crippen molar-refractivity contribution in [3.63, 3.8) is 0 Å². The van der Waals surface area contributed by atoms with Gasteiger partial charge in [0, 0.05) is 93.9 Å². The highest BCUT2D eigenvalue weighted by atomic mass is 32.1. The van der Waals surface area contributed by atoms with Crippen LogP contribution in [-0.2, 0) is 0 Å². The van der Waals surface area contributed by atoms with Gasteiger partial charge in [-0.05, 0) is 136 Å². The van der Waals surface area contributed by atoms with E-state index in [1.54, 1.807) is 0 Å². The van der Waals surface area contributed by atoms with Crippen LogP contribution in [0.1, 0.15) is 0 Å². The standard InChI is InChI=1S/C45H25N3S2.C45H27N3S/c1-2-8-27(9-3-1)43-46-44(48-45(47-43)30-18-22-39-36(25-30)32-10-4-6-12-37(32)49-39)29-17-19-31-28(24-29)15-14-26-16-20-34-33(41(26)31)21-23-40-42(34)35-11-5-7-13-38(35)50-40;1-3-9-28(10-4-1)29-15-18-32(19-16-29)44-46-43(31-11-5-2-6-12-31)47-45(48-44)34-22-23-35-33(27-34)20-17-30-21-24-37-36(41(30)35)25-26-40-42(37)38-13-7-8-14-39(38)49-40/h1-25H;1-27H. The topological polar surface area (TPSA) is 77.3 Å². The Morgan fingerprint density at radius 3 is 0.919 bits per heavy atom. The molecule has 5 aromatic heterocycles. The lowest BCUT2D eigenvalue weighted by Crippen LogP contribution is -2.00. The molecule has 0 spiro atoms. The molecule has 9 heteroatoms. The monoisotopic (exact) mass is 1310 g/mol. The van der Waals surface area contributed by atoms with E-state index in [1.807, 2.05) is 88.6 Å². The third-order valence-corrected chi connectivity index (χ3v) is 22.8. The molecule has 0 saturated heterocycles. The Morgan fingerprint density at radius 1 is 0.152 bits per heavy atom. The van der Waals surface area contributed by atoms with Crippen molar-refractivity contribution >= 4 is 159 Å². The van der Waals surface area contributed by atoms with Gasteiger partial charge in [-0.2, -0.15) is 0 Å². The Balaban J connectivity index is 0.000000134. The van der Waals surface area contributed by atoms with Crippen molar-refractivity contribution in [2.75, 3.05) is 0 Å². The molecule has 0 amide bonds. The molecule has 460 valence electrons. The van der Waals surface area contributed by atoms with Crippen LogP contribution in [-0.4, -0.2) is 29.9 Å². The summed E-state index contributed by atoms with van der Waals surface area (Å²) in [6, 6.07) is 112. The summed E-state index contributed by atoms with van der Waals surface area (Å²) in [5.74, 6) is 3.96. The number of hydrogen-bond donors (Lipinski definition) is 0. The van der Waals surface area contributed by atoms with E-state index in [2.05, 4.69) is 261 Å². The molecular formula is C90H52N6S3. The van der Waals surface area contributed by atoms with E-state index in [0.717, 1.165) is 49.7 Å². The zero-order chi connectivity index (χ0) is 65.1. The van der Waals surface area contributed by atoms with Gasteiger partial charge in [-0.3, -0.25) is 0 Å². The highest BCUT2D eigenvalue weighted by Crippen LogP contribution is 2.45. The van der Waals surface area contributed by atoms with Crippen LogP contribution in [0.3, 0.4) is 0 Å². The molecule has 0 saturated carbocycles. The number of rotatable bonds is 7. The minimum Gasteiger partial charge on any atom is -0.208 e. The third kappa shape index (κ3) is 9.80. The average Bonchev–Trinajstić information content (AvgIpc) is 1.76. The van der Waals surface area contributed by atoms with Gasteiger partial charge in [0.25, 0.3) is 0 Å². The fourth-order valence-corrected chi connectivity index (χ4v) is 18.0. The van der Waals surface area contributed by atoms with Gasteiger partial charge in [0.15, 0.2) is 34.9 Å². The van der Waals surface area contributed by atoms with Crippen molar-refractivity contribution in [1.29, 1.82) is 0 Å². The molecule has 0 atom stereocenters. The molecule has 99 heavy (non-hydrogen) atoms. The van der Waals surface area contributed by atoms with Gasteiger partial charge in [-0.25, -0.2) is 29.9 Å². The predicted octanol–water partition coefficient (Wildman–Crippen LogP) is 25.4. The van der Waals surface area contributed by atoms with E-state index in [0.29, 0.717) is 34.9 Å². The summed E-state index contributed by atoms with van der Waals surface area (Å²) < 4.78 is 7.84. The predicted molar refractivity (Wildman–Crippen MR) is 421 cm³/mol. The third-order valence-electron chi connectivity index (χ3n) is 19.4. The molecule has 6 nitrogen and oxygen atoms in total. The van der Waals surface area contributed by atoms with Gasteiger partial charge in [0.05, 0.1) is 0 Å². The maximum Gasteiger partial charge on any atom is 0.164 e. The SMILES string of the molecule is c1ccc(-c2ccc(-c3nc(-c4ccccc4)nc(-c4ccc5c(ccc6ccc7c(ccc8sc9ccccc9c87)c65)c4)n3)cc2)cc1.c1ccc(-c2nc(-c3ccc4c(ccc5ccc6c(ccc7sc8ccccc8c76)c54)c3)nc(-c3ccc4sc5ccccc5c4c3)n2)cc1. The molecule has 0 aliphatic heterocycles. The van der Waals surface area contributed by atoms with E-state index < -0.39 is 0 Å². The van der Waals surface area contributed by atoms with E-state index >= 15 is 0 Å². The van der Waals surface area contributed by atoms with Crippen LogP contribution >= 0.6 is 34.0 Å². The van der Waals surface area contributed by atoms with Crippen molar-refractivity contribution in [3.8, 4) is 79.5 Å². The molecule has 0 aliphatic carbocycles. The molecule has 21 rings (SSSR count). The van der Waals surface area contributed by atoms with Crippen LogP contribution in [0.2, 0.25) is 0 Å². The van der Waals surface area contributed by atoms with E-state index in [4.69, 9.17) is 29.9 Å². The molecule has 21 aromatic rings. The van der Waals surface area contributed by atoms with Crippen LogP contribution < -0.4 is 0 Å². The zero-order valence-corrected chi connectivity index (χ0v) is 55.4. The lowest BCUT2D eigenvalue weighted by molar-refractivity contribution is 1.07. The van der Waals surface area contributed by atoms with Crippen LogP contribution in [0.5, 0.6) is 0 Å². The summed E-state index contributed by atoms with van der Waals surface area (Å²) in [5, 5.41) is 22.8. The average molecular weight is 1310 g/mol. The van der Waals surface area contributed by atoms with Crippen LogP contribution in [0.25, 0.3) is 205 Å². The Morgan fingerprint density at radius 2 is 0.434 bits per heavy atom. The van der Waals surface area contributed by atoms with E-state index in [1.165, 1.54) is 120 Å². The fourth-order valence-electron chi connectivity index (χ4n) is 14.7. The second-order valence-electron chi connectivity index (χ2n) is 25.2. The van der Waals surface area contributed by atoms with Crippen molar-refractivity contribution in [3.05, 3.63) is 315 Å². The normalized spacial score (nSPS) is 11.8. The summed E-state index contributed by atoms with van der Waals surface area (Å²) in [4.78, 5) is 30.3. The highest BCUT2D eigenvalue weighted by Gasteiger charge is 2.20. The number of nitrogens with zero attached hydrogens (tertiary/aromatic N) is 6. The number of aromatic nitrogens is 6. The summed E-state index contributed by atoms with van der Waals surface area (Å²) in [6.07, 6.45) is 0. The van der Waals surface area contributed by atoms with Crippen molar-refractivity contribution < 1.29 is 0 Å². The van der Waals surface area contributed by atoms with Crippen LogP contribution in [0, 0.1) is 0 Å². The fraction of sp³-hybridized carbons (Fsp3) is 0. The van der Waals surface area contributed by atoms with Gasteiger partial charge in [-0.1, -0.05) is 255 Å². The quantitative estimate of drug-likeness (QED) is 0.148. The first-order valence-corrected chi connectivity index (χ1v) is 35.6. The molecule has 5 heterocycles. The van der Waals surface area contributed by atoms with Gasteiger partial charge in [0.2, 0.25) is 0 Å². The summed E-state index contributed by atoms with van der Waals surface area (Å²) in [7, 11) is 0. The molecule has 0 bridgehead atoms. The lowest BCUT2D eigenvalue weighted by atomic mass is 9.93. The Kier molecular flexibility index (Phi) is 13.4. The number of hydrogen-bond acceptors (Lipinski definition) is 9. The molecule has 0 aliphatic rings.